The van der Waals surface area contributed by atoms with Gasteiger partial charge in [0, 0.05) is 12.7 Å². The molecule has 1 aliphatic heterocycles. The van der Waals surface area contributed by atoms with Crippen molar-refractivity contribution in [2.24, 2.45) is 0 Å². The molecule has 1 aliphatic rings. The number of rotatable bonds is 4. The van der Waals surface area contributed by atoms with Gasteiger partial charge in [-0.1, -0.05) is 5.21 Å². The number of aromatic nitrogens is 3. The molecule has 0 radical (unpaired) electrons. The third-order valence-electron chi connectivity index (χ3n) is 2.17. The molecule has 1 saturated heterocycles. The van der Waals surface area contributed by atoms with Gasteiger partial charge in [0.15, 0.2) is 0 Å². The zero-order chi connectivity index (χ0) is 10.7. The van der Waals surface area contributed by atoms with Gasteiger partial charge < -0.3 is 5.32 Å². The van der Waals surface area contributed by atoms with Crippen LogP contribution < -0.4 is 10.6 Å². The molecule has 0 saturated carbocycles. The van der Waals surface area contributed by atoms with Crippen LogP contribution in [-0.2, 0) is 16.1 Å². The maximum atomic E-state index is 11.1. The van der Waals surface area contributed by atoms with E-state index in [2.05, 4.69) is 20.9 Å². The first-order valence-electron chi connectivity index (χ1n) is 4.67. The molecule has 0 spiro atoms. The first-order valence-corrected chi connectivity index (χ1v) is 4.67. The quantitative estimate of drug-likeness (QED) is 0.576. The van der Waals surface area contributed by atoms with Gasteiger partial charge in [-0.25, -0.2) is 0 Å². The molecule has 2 rings (SSSR count). The van der Waals surface area contributed by atoms with Crippen molar-refractivity contribution in [3.05, 3.63) is 12.4 Å². The van der Waals surface area contributed by atoms with Crippen molar-refractivity contribution >= 4 is 11.8 Å². The Bertz CT molecular complexity index is 361. The number of nitrogens with one attached hydrogen (secondary N) is 2. The normalized spacial score (nSPS) is 20.7. The van der Waals surface area contributed by atoms with E-state index in [0.717, 1.165) is 0 Å². The van der Waals surface area contributed by atoms with Gasteiger partial charge >= 0.3 is 0 Å². The van der Waals surface area contributed by atoms with E-state index >= 15 is 0 Å². The number of carbonyl (C=O) groups excluding carboxylic acids is 2. The number of amides is 2. The highest BCUT2D eigenvalue weighted by molar-refractivity contribution is 6.05. The second-order valence-electron chi connectivity index (χ2n) is 3.29. The van der Waals surface area contributed by atoms with Crippen LogP contribution >= 0.6 is 0 Å². The SMILES string of the molecule is O=C1CC(NCCn2ccnn2)C(=O)N1. The van der Waals surface area contributed by atoms with Crippen molar-refractivity contribution in [3.8, 4) is 0 Å². The second-order valence-corrected chi connectivity index (χ2v) is 3.29. The van der Waals surface area contributed by atoms with Gasteiger partial charge in [0.25, 0.3) is 0 Å². The van der Waals surface area contributed by atoms with E-state index in [-0.39, 0.29) is 18.2 Å². The lowest BCUT2D eigenvalue weighted by atomic mass is 10.2. The fourth-order valence-electron chi connectivity index (χ4n) is 1.42. The standard InChI is InChI=1S/C8H11N5O2/c14-7-5-6(8(15)11-7)9-1-3-13-4-2-10-12-13/h2,4,6,9H,1,3,5H2,(H,11,14,15). The van der Waals surface area contributed by atoms with Gasteiger partial charge in [0.1, 0.15) is 0 Å². The lowest BCUT2D eigenvalue weighted by molar-refractivity contribution is -0.125. The molecular formula is C8H11N5O2. The fourth-order valence-corrected chi connectivity index (χ4v) is 1.42. The lowest BCUT2D eigenvalue weighted by Gasteiger charge is -2.07. The van der Waals surface area contributed by atoms with Crippen LogP contribution in [0.25, 0.3) is 0 Å². The Hall–Kier alpha value is -1.76. The summed E-state index contributed by atoms with van der Waals surface area (Å²) in [5.74, 6) is -0.475. The van der Waals surface area contributed by atoms with Gasteiger partial charge in [-0.2, -0.15) is 0 Å². The van der Waals surface area contributed by atoms with Gasteiger partial charge in [0.2, 0.25) is 11.8 Å². The molecule has 7 nitrogen and oxygen atoms in total. The summed E-state index contributed by atoms with van der Waals surface area (Å²) in [6.07, 6.45) is 3.55. The summed E-state index contributed by atoms with van der Waals surface area (Å²) in [5.41, 5.74) is 0. The summed E-state index contributed by atoms with van der Waals surface area (Å²) in [7, 11) is 0. The fraction of sp³-hybridized carbons (Fsp3) is 0.500. The number of carbonyl (C=O) groups is 2. The molecule has 2 amide bonds. The largest absolute Gasteiger partial charge is 0.304 e. The Balaban J connectivity index is 1.74. The molecule has 0 aromatic carbocycles. The zero-order valence-electron chi connectivity index (χ0n) is 8.01. The molecule has 0 aliphatic carbocycles. The number of hydrogen-bond donors (Lipinski definition) is 2. The van der Waals surface area contributed by atoms with Crippen LogP contribution in [0.2, 0.25) is 0 Å². The molecule has 1 aromatic rings. The van der Waals surface area contributed by atoms with Crippen LogP contribution in [0.15, 0.2) is 12.4 Å². The van der Waals surface area contributed by atoms with Gasteiger partial charge in [-0.15, -0.1) is 5.10 Å². The molecule has 0 bridgehead atoms. The minimum atomic E-state index is -0.402. The Morgan fingerprint density at radius 2 is 2.47 bits per heavy atom. The second kappa shape index (κ2) is 4.18. The average Bonchev–Trinajstić information content (AvgIpc) is 2.77. The minimum absolute atomic E-state index is 0.218. The maximum Gasteiger partial charge on any atom is 0.244 e. The first-order chi connectivity index (χ1) is 7.25. The number of hydrogen-bond acceptors (Lipinski definition) is 5. The monoisotopic (exact) mass is 209 g/mol. The Morgan fingerprint density at radius 3 is 3.07 bits per heavy atom. The van der Waals surface area contributed by atoms with E-state index in [1.165, 1.54) is 0 Å². The number of nitrogens with zero attached hydrogens (tertiary/aromatic N) is 3. The summed E-state index contributed by atoms with van der Waals surface area (Å²) in [5, 5.41) is 12.6. The first kappa shape index (κ1) is 9.78. The molecule has 80 valence electrons. The van der Waals surface area contributed by atoms with Crippen LogP contribution in [0.3, 0.4) is 0 Å². The van der Waals surface area contributed by atoms with Crippen LogP contribution in [-0.4, -0.2) is 39.4 Å². The number of imide groups is 1. The van der Waals surface area contributed by atoms with Crippen molar-refractivity contribution in [3.63, 3.8) is 0 Å². The zero-order valence-corrected chi connectivity index (χ0v) is 8.01. The molecular weight excluding hydrogens is 198 g/mol. The van der Waals surface area contributed by atoms with Crippen LogP contribution in [0, 0.1) is 0 Å². The van der Waals surface area contributed by atoms with Gasteiger partial charge in [0.05, 0.1) is 25.2 Å². The van der Waals surface area contributed by atoms with Crippen LogP contribution in [0.4, 0.5) is 0 Å². The van der Waals surface area contributed by atoms with Gasteiger partial charge in [-0.3, -0.25) is 19.6 Å². The summed E-state index contributed by atoms with van der Waals surface area (Å²) in [6, 6.07) is -0.402. The molecule has 7 heteroatoms. The van der Waals surface area contributed by atoms with Crippen molar-refractivity contribution in [1.82, 2.24) is 25.6 Å². The van der Waals surface area contributed by atoms with E-state index < -0.39 is 6.04 Å². The lowest BCUT2D eigenvalue weighted by Crippen LogP contribution is -2.37. The predicted octanol–water partition coefficient (Wildman–Crippen LogP) is -1.72. The molecule has 2 N–H and O–H groups in total. The topological polar surface area (TPSA) is 88.9 Å². The van der Waals surface area contributed by atoms with Crippen molar-refractivity contribution in [2.75, 3.05) is 6.54 Å². The van der Waals surface area contributed by atoms with Gasteiger partial charge in [-0.05, 0) is 0 Å². The van der Waals surface area contributed by atoms with E-state index in [9.17, 15) is 9.59 Å². The molecule has 1 atom stereocenters. The third kappa shape index (κ3) is 2.38. The minimum Gasteiger partial charge on any atom is -0.304 e. The Labute approximate surface area is 85.8 Å². The van der Waals surface area contributed by atoms with E-state index in [1.54, 1.807) is 17.1 Å². The molecule has 15 heavy (non-hydrogen) atoms. The summed E-state index contributed by atoms with van der Waals surface area (Å²) in [6.45, 7) is 1.20. The molecule has 1 unspecified atom stereocenters. The highest BCUT2D eigenvalue weighted by Crippen LogP contribution is 2.00. The summed E-state index contributed by atoms with van der Waals surface area (Å²) < 4.78 is 1.65. The van der Waals surface area contributed by atoms with E-state index in [4.69, 9.17) is 0 Å². The highest BCUT2D eigenvalue weighted by atomic mass is 16.2. The molecule has 1 aromatic heterocycles. The Kier molecular flexibility index (Phi) is 2.72. The molecule has 2 heterocycles. The summed E-state index contributed by atoms with van der Waals surface area (Å²) >= 11 is 0. The van der Waals surface area contributed by atoms with E-state index in [0.29, 0.717) is 13.1 Å². The third-order valence-corrected chi connectivity index (χ3v) is 2.17. The summed E-state index contributed by atoms with van der Waals surface area (Å²) in [4.78, 5) is 22.0. The Morgan fingerprint density at radius 1 is 1.60 bits per heavy atom. The smallest absolute Gasteiger partial charge is 0.244 e. The van der Waals surface area contributed by atoms with Crippen LogP contribution in [0.1, 0.15) is 6.42 Å². The highest BCUT2D eigenvalue weighted by Gasteiger charge is 2.29. The van der Waals surface area contributed by atoms with Crippen LogP contribution in [0.5, 0.6) is 0 Å². The van der Waals surface area contributed by atoms with Crippen molar-refractivity contribution in [2.45, 2.75) is 19.0 Å². The predicted molar refractivity (Wildman–Crippen MR) is 49.6 cm³/mol. The van der Waals surface area contributed by atoms with Crippen molar-refractivity contribution in [1.29, 1.82) is 0 Å². The molecule has 1 fully saturated rings. The van der Waals surface area contributed by atoms with Crippen molar-refractivity contribution < 1.29 is 9.59 Å². The average molecular weight is 209 g/mol. The maximum absolute atomic E-state index is 11.1. The van der Waals surface area contributed by atoms with E-state index in [1.807, 2.05) is 0 Å².